The second-order valence-corrected chi connectivity index (χ2v) is 6.25. The molecule has 21 heavy (non-hydrogen) atoms. The van der Waals surface area contributed by atoms with Crippen molar-refractivity contribution in [2.75, 3.05) is 12.0 Å². The Hall–Kier alpha value is -1.65. The Balaban J connectivity index is 2.16. The third-order valence-electron chi connectivity index (χ3n) is 3.68. The lowest BCUT2D eigenvalue weighted by molar-refractivity contribution is 0.175. The topological polar surface area (TPSA) is 32.7 Å². The van der Waals surface area contributed by atoms with Gasteiger partial charge in [-0.05, 0) is 49.2 Å². The Bertz CT molecular complexity index is 672. The predicted molar refractivity (Wildman–Crippen MR) is 86.7 cm³/mol. The third-order valence-corrected chi connectivity index (χ3v) is 4.78. The molecule has 2 aromatic carbocycles. The first-order valence-electron chi connectivity index (χ1n) is 7.08. The van der Waals surface area contributed by atoms with Crippen LogP contribution in [0.15, 0.2) is 46.2 Å². The van der Waals surface area contributed by atoms with Crippen LogP contribution in [0.25, 0.3) is 0 Å². The quantitative estimate of drug-likeness (QED) is 0.914. The summed E-state index contributed by atoms with van der Waals surface area (Å²) >= 11 is 1.73. The minimum Gasteiger partial charge on any atom is -0.497 e. The fourth-order valence-corrected chi connectivity index (χ4v) is 3.75. The molecule has 0 spiro atoms. The van der Waals surface area contributed by atoms with Gasteiger partial charge in [0.2, 0.25) is 0 Å². The number of aliphatic hydroxyl groups excluding tert-OH is 1. The molecule has 1 aliphatic rings. The highest BCUT2D eigenvalue weighted by molar-refractivity contribution is 7.99. The molecular weight excluding hydrogens is 282 g/mol. The van der Waals surface area contributed by atoms with Crippen LogP contribution in [0.3, 0.4) is 0 Å². The SMILES string of the molecule is CCC(O)N1c2ccc(C)cc2Sc2cc(OC)ccc21. The van der Waals surface area contributed by atoms with E-state index in [-0.39, 0.29) is 0 Å². The molecule has 0 aliphatic carbocycles. The Morgan fingerprint density at radius 3 is 2.48 bits per heavy atom. The zero-order valence-electron chi connectivity index (χ0n) is 12.5. The van der Waals surface area contributed by atoms with Gasteiger partial charge in [0.05, 0.1) is 18.5 Å². The number of aryl methyl sites for hydroxylation is 1. The van der Waals surface area contributed by atoms with Crippen molar-refractivity contribution in [3.63, 3.8) is 0 Å². The fraction of sp³-hybridized carbons (Fsp3) is 0.294. The first-order chi connectivity index (χ1) is 10.1. The summed E-state index contributed by atoms with van der Waals surface area (Å²) in [4.78, 5) is 4.29. The number of fused-ring (bicyclic) bond motifs is 2. The van der Waals surface area contributed by atoms with Gasteiger partial charge in [-0.25, -0.2) is 0 Å². The van der Waals surface area contributed by atoms with E-state index in [1.807, 2.05) is 30.0 Å². The molecule has 0 bridgehead atoms. The number of ether oxygens (including phenoxy) is 1. The van der Waals surface area contributed by atoms with Crippen molar-refractivity contribution in [1.29, 1.82) is 0 Å². The molecule has 0 aromatic heterocycles. The number of aliphatic hydroxyl groups is 1. The maximum absolute atomic E-state index is 10.5. The fourth-order valence-electron chi connectivity index (χ4n) is 2.56. The monoisotopic (exact) mass is 301 g/mol. The van der Waals surface area contributed by atoms with Crippen molar-refractivity contribution in [3.8, 4) is 5.75 Å². The molecule has 1 heterocycles. The predicted octanol–water partition coefficient (Wildman–Crippen LogP) is 4.33. The van der Waals surface area contributed by atoms with E-state index in [2.05, 4.69) is 25.1 Å². The van der Waals surface area contributed by atoms with E-state index < -0.39 is 6.23 Å². The molecule has 0 amide bonds. The first-order valence-corrected chi connectivity index (χ1v) is 7.89. The Labute approximate surface area is 129 Å². The zero-order valence-corrected chi connectivity index (χ0v) is 13.3. The summed E-state index contributed by atoms with van der Waals surface area (Å²) in [6, 6.07) is 12.3. The van der Waals surface area contributed by atoms with Gasteiger partial charge in [0.25, 0.3) is 0 Å². The zero-order chi connectivity index (χ0) is 15.0. The highest BCUT2D eigenvalue weighted by Crippen LogP contribution is 2.50. The van der Waals surface area contributed by atoms with Crippen molar-refractivity contribution < 1.29 is 9.84 Å². The van der Waals surface area contributed by atoms with Crippen LogP contribution in [0.2, 0.25) is 0 Å². The molecule has 1 unspecified atom stereocenters. The van der Waals surface area contributed by atoms with Crippen LogP contribution in [0.5, 0.6) is 5.75 Å². The summed E-state index contributed by atoms with van der Waals surface area (Å²) in [5, 5.41) is 10.5. The average Bonchev–Trinajstić information content (AvgIpc) is 2.51. The van der Waals surface area contributed by atoms with Crippen molar-refractivity contribution in [1.82, 2.24) is 0 Å². The van der Waals surface area contributed by atoms with E-state index in [0.29, 0.717) is 6.42 Å². The number of nitrogens with zero attached hydrogens (tertiary/aromatic N) is 1. The number of methoxy groups -OCH3 is 1. The van der Waals surface area contributed by atoms with Crippen molar-refractivity contribution in [2.24, 2.45) is 0 Å². The van der Waals surface area contributed by atoms with Crippen molar-refractivity contribution in [3.05, 3.63) is 42.0 Å². The molecule has 1 atom stereocenters. The number of anilines is 2. The number of hydrogen-bond donors (Lipinski definition) is 1. The van der Waals surface area contributed by atoms with Gasteiger partial charge in [-0.3, -0.25) is 0 Å². The Morgan fingerprint density at radius 2 is 1.81 bits per heavy atom. The van der Waals surface area contributed by atoms with Crippen LogP contribution >= 0.6 is 11.8 Å². The molecule has 4 heteroatoms. The second kappa shape index (κ2) is 5.62. The van der Waals surface area contributed by atoms with Gasteiger partial charge in [0.15, 0.2) is 0 Å². The normalized spacial score (nSPS) is 14.4. The lowest BCUT2D eigenvalue weighted by Gasteiger charge is -2.36. The summed E-state index contributed by atoms with van der Waals surface area (Å²) in [5.74, 6) is 0.836. The minimum atomic E-state index is -0.528. The smallest absolute Gasteiger partial charge is 0.131 e. The molecular formula is C17H19NO2S. The molecule has 1 aliphatic heterocycles. The van der Waals surface area contributed by atoms with E-state index in [4.69, 9.17) is 4.74 Å². The van der Waals surface area contributed by atoms with Crippen molar-refractivity contribution in [2.45, 2.75) is 36.3 Å². The average molecular weight is 301 g/mol. The molecule has 0 radical (unpaired) electrons. The highest BCUT2D eigenvalue weighted by Gasteiger charge is 2.27. The number of benzene rings is 2. The van der Waals surface area contributed by atoms with Gasteiger partial charge in [0, 0.05) is 9.79 Å². The van der Waals surface area contributed by atoms with Crippen molar-refractivity contribution >= 4 is 23.1 Å². The second-order valence-electron chi connectivity index (χ2n) is 5.17. The summed E-state index contributed by atoms with van der Waals surface area (Å²) < 4.78 is 5.32. The molecule has 0 fully saturated rings. The van der Waals surface area contributed by atoms with E-state index >= 15 is 0 Å². The molecule has 110 valence electrons. The molecule has 1 N–H and O–H groups in total. The van der Waals surface area contributed by atoms with Gasteiger partial charge in [-0.2, -0.15) is 0 Å². The third kappa shape index (κ3) is 2.49. The summed E-state index contributed by atoms with van der Waals surface area (Å²) in [5.41, 5.74) is 3.32. The lowest BCUT2D eigenvalue weighted by atomic mass is 10.1. The van der Waals surface area contributed by atoms with Gasteiger partial charge in [0.1, 0.15) is 12.0 Å². The maximum atomic E-state index is 10.5. The van der Waals surface area contributed by atoms with E-state index in [1.165, 1.54) is 10.5 Å². The van der Waals surface area contributed by atoms with Crippen LogP contribution in [0.4, 0.5) is 11.4 Å². The summed E-state index contributed by atoms with van der Waals surface area (Å²) in [7, 11) is 1.67. The number of rotatable bonds is 3. The van der Waals surface area contributed by atoms with Crippen LogP contribution in [-0.4, -0.2) is 18.4 Å². The van der Waals surface area contributed by atoms with Crippen LogP contribution < -0.4 is 9.64 Å². The summed E-state index contributed by atoms with van der Waals surface area (Å²) in [6.45, 7) is 4.08. The molecule has 0 saturated carbocycles. The first kappa shape index (κ1) is 14.3. The molecule has 0 saturated heterocycles. The maximum Gasteiger partial charge on any atom is 0.131 e. The largest absolute Gasteiger partial charge is 0.497 e. The lowest BCUT2D eigenvalue weighted by Crippen LogP contribution is -2.32. The van der Waals surface area contributed by atoms with Crippen LogP contribution in [0, 0.1) is 6.92 Å². The van der Waals surface area contributed by atoms with Gasteiger partial charge < -0.3 is 14.7 Å². The van der Waals surface area contributed by atoms with Crippen LogP contribution in [-0.2, 0) is 0 Å². The van der Waals surface area contributed by atoms with Gasteiger partial charge in [-0.15, -0.1) is 0 Å². The minimum absolute atomic E-state index is 0.528. The number of hydrogen-bond acceptors (Lipinski definition) is 4. The molecule has 2 aromatic rings. The summed E-state index contributed by atoms with van der Waals surface area (Å²) in [6.07, 6.45) is 0.142. The Kier molecular flexibility index (Phi) is 3.83. The standard InChI is InChI=1S/C17H19NO2S/c1-4-17(19)18-13-7-5-11(2)9-15(13)21-16-10-12(20-3)6-8-14(16)18/h5-10,17,19H,4H2,1-3H3. The van der Waals surface area contributed by atoms with Gasteiger partial charge in [-0.1, -0.05) is 24.8 Å². The highest BCUT2D eigenvalue weighted by atomic mass is 32.2. The van der Waals surface area contributed by atoms with E-state index in [9.17, 15) is 5.11 Å². The van der Waals surface area contributed by atoms with E-state index in [1.54, 1.807) is 18.9 Å². The Morgan fingerprint density at radius 1 is 1.14 bits per heavy atom. The van der Waals surface area contributed by atoms with Gasteiger partial charge >= 0.3 is 0 Å². The van der Waals surface area contributed by atoms with Crippen LogP contribution in [0.1, 0.15) is 18.9 Å². The molecule has 3 rings (SSSR count). The van der Waals surface area contributed by atoms with E-state index in [0.717, 1.165) is 22.0 Å². The molecule has 3 nitrogen and oxygen atoms in total.